The van der Waals surface area contributed by atoms with Crippen molar-refractivity contribution in [1.82, 2.24) is 0 Å². The second-order valence-corrected chi connectivity index (χ2v) is 6.62. The van der Waals surface area contributed by atoms with Crippen LogP contribution >= 0.6 is 11.6 Å². The molecule has 1 N–H and O–H groups in total. The van der Waals surface area contributed by atoms with E-state index in [1.807, 2.05) is 36.4 Å². The highest BCUT2D eigenvalue weighted by Gasteiger charge is 2.14. The lowest BCUT2D eigenvalue weighted by Crippen LogP contribution is -2.25. The average molecular weight is 360 g/mol. The minimum absolute atomic E-state index is 0.0773. The van der Waals surface area contributed by atoms with Crippen molar-refractivity contribution in [2.75, 3.05) is 18.5 Å². The molecule has 1 aliphatic heterocycles. The molecule has 0 spiro atoms. The molecule has 25 heavy (non-hydrogen) atoms. The molecule has 0 saturated carbocycles. The molecule has 0 aliphatic carbocycles. The number of carbonyl (C=O) groups excluding carboxylic acids is 1. The van der Waals surface area contributed by atoms with E-state index >= 15 is 0 Å². The Morgan fingerprint density at radius 3 is 2.76 bits per heavy atom. The fourth-order valence-electron chi connectivity index (χ4n) is 2.80. The molecule has 4 nitrogen and oxygen atoms in total. The fraction of sp³-hybridized carbons (Fsp3) is 0.350. The molecule has 2 aromatic carbocycles. The molecule has 0 aromatic heterocycles. The maximum Gasteiger partial charge on any atom is 0.228 e. The highest BCUT2D eigenvalue weighted by Crippen LogP contribution is 2.19. The third-order valence-electron chi connectivity index (χ3n) is 4.10. The molecule has 5 heteroatoms. The van der Waals surface area contributed by atoms with Crippen LogP contribution in [0.4, 0.5) is 5.69 Å². The molecule has 0 bridgehead atoms. The number of ether oxygens (including phenoxy) is 2. The van der Waals surface area contributed by atoms with Crippen molar-refractivity contribution in [3.8, 4) is 5.75 Å². The first-order valence-corrected chi connectivity index (χ1v) is 8.95. The third-order valence-corrected chi connectivity index (χ3v) is 4.34. The number of halogens is 1. The van der Waals surface area contributed by atoms with Crippen molar-refractivity contribution < 1.29 is 14.3 Å². The Balaban J connectivity index is 1.47. The molecule has 1 heterocycles. The molecular formula is C20H22ClNO3. The van der Waals surface area contributed by atoms with Crippen LogP contribution in [0, 0.1) is 0 Å². The molecule has 1 amide bonds. The quantitative estimate of drug-likeness (QED) is 0.827. The zero-order valence-corrected chi connectivity index (χ0v) is 14.8. The Labute approximate surface area is 153 Å². The second-order valence-electron chi connectivity index (χ2n) is 6.18. The second kappa shape index (κ2) is 8.88. The summed E-state index contributed by atoms with van der Waals surface area (Å²) in [5.74, 6) is 0.702. The van der Waals surface area contributed by atoms with E-state index in [0.717, 1.165) is 36.4 Å². The van der Waals surface area contributed by atoms with Crippen LogP contribution in [0.1, 0.15) is 24.8 Å². The van der Waals surface area contributed by atoms with E-state index in [2.05, 4.69) is 5.32 Å². The van der Waals surface area contributed by atoms with Crippen molar-refractivity contribution in [1.29, 1.82) is 0 Å². The van der Waals surface area contributed by atoms with E-state index in [4.69, 9.17) is 21.1 Å². The lowest BCUT2D eigenvalue weighted by molar-refractivity contribution is -0.115. The Morgan fingerprint density at radius 1 is 1.20 bits per heavy atom. The van der Waals surface area contributed by atoms with Crippen LogP contribution in [0.15, 0.2) is 48.5 Å². The van der Waals surface area contributed by atoms with Gasteiger partial charge >= 0.3 is 0 Å². The van der Waals surface area contributed by atoms with Gasteiger partial charge in [0.1, 0.15) is 12.4 Å². The molecule has 1 atom stereocenters. The summed E-state index contributed by atoms with van der Waals surface area (Å²) in [7, 11) is 0. The summed E-state index contributed by atoms with van der Waals surface area (Å²) >= 11 is 5.94. The summed E-state index contributed by atoms with van der Waals surface area (Å²) in [6.45, 7) is 1.39. The summed E-state index contributed by atoms with van der Waals surface area (Å²) in [6, 6.07) is 14.7. The third kappa shape index (κ3) is 5.76. The van der Waals surface area contributed by atoms with Gasteiger partial charge in [0.2, 0.25) is 5.91 Å². The molecule has 1 fully saturated rings. The van der Waals surface area contributed by atoms with Crippen molar-refractivity contribution in [2.24, 2.45) is 0 Å². The average Bonchev–Trinajstić information content (AvgIpc) is 2.62. The van der Waals surface area contributed by atoms with Gasteiger partial charge in [0.05, 0.1) is 12.5 Å². The first-order valence-electron chi connectivity index (χ1n) is 8.58. The van der Waals surface area contributed by atoms with Gasteiger partial charge < -0.3 is 14.8 Å². The van der Waals surface area contributed by atoms with Crippen LogP contribution in [0.3, 0.4) is 0 Å². The van der Waals surface area contributed by atoms with Gasteiger partial charge in [-0.1, -0.05) is 23.7 Å². The molecular weight excluding hydrogens is 338 g/mol. The summed E-state index contributed by atoms with van der Waals surface area (Å²) < 4.78 is 11.4. The first kappa shape index (κ1) is 17.8. The van der Waals surface area contributed by atoms with Crippen LogP contribution in [-0.4, -0.2) is 25.2 Å². The zero-order valence-electron chi connectivity index (χ0n) is 14.0. The highest BCUT2D eigenvalue weighted by molar-refractivity contribution is 6.30. The van der Waals surface area contributed by atoms with Crippen LogP contribution in [-0.2, 0) is 16.0 Å². The van der Waals surface area contributed by atoms with Gasteiger partial charge in [0.15, 0.2) is 0 Å². The molecule has 132 valence electrons. The number of anilines is 1. The van der Waals surface area contributed by atoms with Crippen LogP contribution in [0.2, 0.25) is 5.02 Å². The van der Waals surface area contributed by atoms with E-state index in [0.29, 0.717) is 11.6 Å². The monoisotopic (exact) mass is 359 g/mol. The summed E-state index contributed by atoms with van der Waals surface area (Å²) in [6.07, 6.45) is 3.87. The van der Waals surface area contributed by atoms with Gasteiger partial charge in [0, 0.05) is 17.3 Å². The Hall–Kier alpha value is -2.04. The number of rotatable bonds is 6. The Bertz CT molecular complexity index is 696. The molecule has 1 unspecified atom stereocenters. The van der Waals surface area contributed by atoms with E-state index in [1.165, 1.54) is 6.42 Å². The number of nitrogens with one attached hydrogen (secondary N) is 1. The number of benzene rings is 2. The zero-order chi connectivity index (χ0) is 17.5. The van der Waals surface area contributed by atoms with Crippen LogP contribution < -0.4 is 10.1 Å². The van der Waals surface area contributed by atoms with E-state index in [1.54, 1.807) is 12.1 Å². The molecule has 2 aromatic rings. The SMILES string of the molecule is O=C(Cc1cccc(Cl)c1)Nc1ccc(OCC2CCCCO2)cc1. The van der Waals surface area contributed by atoms with Gasteiger partial charge in [-0.3, -0.25) is 4.79 Å². The molecule has 0 radical (unpaired) electrons. The van der Waals surface area contributed by atoms with Gasteiger partial charge in [-0.15, -0.1) is 0 Å². The van der Waals surface area contributed by atoms with Crippen LogP contribution in [0.5, 0.6) is 5.75 Å². The number of carbonyl (C=O) groups is 1. The van der Waals surface area contributed by atoms with Gasteiger partial charge in [0.25, 0.3) is 0 Å². The summed E-state index contributed by atoms with van der Waals surface area (Å²) in [4.78, 5) is 12.1. The fourth-order valence-corrected chi connectivity index (χ4v) is 3.01. The predicted molar refractivity (Wildman–Crippen MR) is 99.3 cm³/mol. The first-order chi connectivity index (χ1) is 12.2. The summed E-state index contributed by atoms with van der Waals surface area (Å²) in [5, 5.41) is 3.51. The molecule has 3 rings (SSSR count). The Kier molecular flexibility index (Phi) is 6.31. The number of hydrogen-bond acceptors (Lipinski definition) is 3. The number of amides is 1. The van der Waals surface area contributed by atoms with Crippen molar-refractivity contribution in [3.63, 3.8) is 0 Å². The van der Waals surface area contributed by atoms with E-state index in [9.17, 15) is 4.79 Å². The van der Waals surface area contributed by atoms with Gasteiger partial charge in [-0.25, -0.2) is 0 Å². The smallest absolute Gasteiger partial charge is 0.228 e. The van der Waals surface area contributed by atoms with Crippen molar-refractivity contribution in [3.05, 3.63) is 59.1 Å². The predicted octanol–water partition coefficient (Wildman–Crippen LogP) is 4.47. The summed E-state index contributed by atoms with van der Waals surface area (Å²) in [5.41, 5.74) is 1.63. The largest absolute Gasteiger partial charge is 0.491 e. The van der Waals surface area contributed by atoms with Gasteiger partial charge in [-0.05, 0) is 61.2 Å². The normalized spacial score (nSPS) is 17.1. The maximum absolute atomic E-state index is 12.1. The minimum Gasteiger partial charge on any atom is -0.491 e. The van der Waals surface area contributed by atoms with Crippen LogP contribution in [0.25, 0.3) is 0 Å². The lowest BCUT2D eigenvalue weighted by atomic mass is 10.1. The van der Waals surface area contributed by atoms with Crippen molar-refractivity contribution in [2.45, 2.75) is 31.8 Å². The van der Waals surface area contributed by atoms with Crippen molar-refractivity contribution >= 4 is 23.2 Å². The van der Waals surface area contributed by atoms with E-state index in [-0.39, 0.29) is 18.4 Å². The Morgan fingerprint density at radius 2 is 2.04 bits per heavy atom. The molecule has 1 aliphatic rings. The lowest BCUT2D eigenvalue weighted by Gasteiger charge is -2.22. The van der Waals surface area contributed by atoms with Gasteiger partial charge in [-0.2, -0.15) is 0 Å². The van der Waals surface area contributed by atoms with E-state index < -0.39 is 0 Å². The number of hydrogen-bond donors (Lipinski definition) is 1. The standard InChI is InChI=1S/C20H22ClNO3/c21-16-5-3-4-15(12-16)13-20(23)22-17-7-9-18(10-8-17)25-14-19-6-1-2-11-24-19/h3-5,7-10,12,19H,1-2,6,11,13-14H2,(H,22,23). The topological polar surface area (TPSA) is 47.6 Å². The maximum atomic E-state index is 12.1. The minimum atomic E-state index is -0.0773. The highest BCUT2D eigenvalue weighted by atomic mass is 35.5. The molecule has 1 saturated heterocycles.